The van der Waals surface area contributed by atoms with E-state index in [1.54, 1.807) is 6.07 Å². The van der Waals surface area contributed by atoms with Crippen LogP contribution in [0.2, 0.25) is 0 Å². The van der Waals surface area contributed by atoms with Gasteiger partial charge in [-0.2, -0.15) is 0 Å². The lowest BCUT2D eigenvalue weighted by Crippen LogP contribution is -2.04. The zero-order chi connectivity index (χ0) is 8.39. The number of rotatable bonds is 0. The summed E-state index contributed by atoms with van der Waals surface area (Å²) in [5, 5.41) is 7.33. The van der Waals surface area contributed by atoms with Crippen LogP contribution in [-0.2, 0) is 0 Å². The summed E-state index contributed by atoms with van der Waals surface area (Å²) in [6.45, 7) is 0. The molecule has 2 nitrogen and oxygen atoms in total. The molecule has 0 aromatic carbocycles. The third-order valence-corrected chi connectivity index (χ3v) is 1.71. The van der Waals surface area contributed by atoms with Crippen LogP contribution in [0.1, 0.15) is 0 Å². The van der Waals surface area contributed by atoms with Crippen LogP contribution in [0.3, 0.4) is 0 Å². The van der Waals surface area contributed by atoms with Crippen LogP contribution in [0.25, 0.3) is 11.3 Å². The molecule has 0 amide bonds. The number of fused-ring (bicyclic) bond motifs is 1. The van der Waals surface area contributed by atoms with E-state index in [9.17, 15) is 0 Å². The number of nitrogens with one attached hydrogen (secondary N) is 1. The molecule has 1 heterocycles. The Labute approximate surface area is 70.4 Å². The number of hydrogen-bond acceptors (Lipinski definition) is 2. The first-order valence-corrected chi connectivity index (χ1v) is 3.77. The van der Waals surface area contributed by atoms with Crippen LogP contribution in [0.15, 0.2) is 42.5 Å². The summed E-state index contributed by atoms with van der Waals surface area (Å²) in [7, 11) is 0. The topological polar surface area (TPSA) is 36.7 Å². The average molecular weight is 156 g/mol. The Balaban J connectivity index is 2.82. The molecule has 2 aliphatic rings. The Hall–Kier alpha value is -1.70. The van der Waals surface area contributed by atoms with Crippen molar-refractivity contribution in [2.24, 2.45) is 0 Å². The number of hydrogen-bond donors (Lipinski definition) is 1. The minimum atomic E-state index is 0.314. The van der Waals surface area contributed by atoms with Gasteiger partial charge in [-0.05, 0) is 18.2 Å². The normalized spacial score (nSPS) is 10.0. The summed E-state index contributed by atoms with van der Waals surface area (Å²) in [6.07, 6.45) is 0. The van der Waals surface area contributed by atoms with Gasteiger partial charge in [-0.3, -0.25) is 5.41 Å². The minimum Gasteiger partial charge on any atom is -0.283 e. The lowest BCUT2D eigenvalue weighted by Gasteiger charge is -1.96. The van der Waals surface area contributed by atoms with E-state index < -0.39 is 0 Å². The molecule has 0 fully saturated rings. The molecule has 1 aliphatic heterocycles. The van der Waals surface area contributed by atoms with Gasteiger partial charge in [0.2, 0.25) is 0 Å². The number of aromatic nitrogens is 1. The van der Waals surface area contributed by atoms with Crippen molar-refractivity contribution in [2.45, 2.75) is 0 Å². The van der Waals surface area contributed by atoms with Crippen LogP contribution >= 0.6 is 0 Å². The van der Waals surface area contributed by atoms with Crippen LogP contribution in [-0.4, -0.2) is 4.98 Å². The fourth-order valence-corrected chi connectivity index (χ4v) is 1.13. The fourth-order valence-electron chi connectivity index (χ4n) is 1.13. The molecule has 12 heavy (non-hydrogen) atoms. The quantitative estimate of drug-likeness (QED) is 0.618. The van der Waals surface area contributed by atoms with Crippen LogP contribution in [0, 0.1) is 5.41 Å². The largest absolute Gasteiger partial charge is 0.283 e. The van der Waals surface area contributed by atoms with Gasteiger partial charge in [0.1, 0.15) is 5.49 Å². The van der Waals surface area contributed by atoms with E-state index in [1.807, 2.05) is 36.4 Å². The maximum absolute atomic E-state index is 7.33. The summed E-state index contributed by atoms with van der Waals surface area (Å²) in [5.41, 5.74) is 2.25. The summed E-state index contributed by atoms with van der Waals surface area (Å²) >= 11 is 0. The second-order valence-corrected chi connectivity index (χ2v) is 2.58. The van der Waals surface area contributed by atoms with Gasteiger partial charge in [-0.1, -0.05) is 24.3 Å². The first kappa shape index (κ1) is 6.98. The predicted octanol–water partition coefficient (Wildman–Crippen LogP) is 1.67. The van der Waals surface area contributed by atoms with Gasteiger partial charge in [-0.25, -0.2) is 4.98 Å². The third-order valence-electron chi connectivity index (χ3n) is 1.71. The number of nitrogens with zero attached hydrogens (tertiary/aromatic N) is 1. The van der Waals surface area contributed by atoms with Crippen molar-refractivity contribution in [3.05, 3.63) is 48.0 Å². The highest BCUT2D eigenvalue weighted by Gasteiger charge is 1.96. The predicted molar refractivity (Wildman–Crippen MR) is 46.7 cm³/mol. The minimum absolute atomic E-state index is 0.314. The summed E-state index contributed by atoms with van der Waals surface area (Å²) in [5.74, 6) is 0. The molecule has 0 aromatic heterocycles. The Bertz CT molecular complexity index is 423. The summed E-state index contributed by atoms with van der Waals surface area (Å²) in [6, 6.07) is 13.3. The highest BCUT2D eigenvalue weighted by molar-refractivity contribution is 5.58. The molecule has 0 radical (unpaired) electrons. The second kappa shape index (κ2) is 2.74. The number of pyridine rings is 1. The zero-order valence-corrected chi connectivity index (χ0v) is 6.49. The summed E-state index contributed by atoms with van der Waals surface area (Å²) < 4.78 is 0. The van der Waals surface area contributed by atoms with Gasteiger partial charge < -0.3 is 0 Å². The molecule has 0 saturated carbocycles. The van der Waals surface area contributed by atoms with E-state index in [0.29, 0.717) is 5.49 Å². The van der Waals surface area contributed by atoms with E-state index >= 15 is 0 Å². The van der Waals surface area contributed by atoms with Gasteiger partial charge in [-0.15, -0.1) is 0 Å². The van der Waals surface area contributed by atoms with Gasteiger partial charge >= 0.3 is 0 Å². The van der Waals surface area contributed by atoms with Crippen molar-refractivity contribution in [3.8, 4) is 11.3 Å². The highest BCUT2D eigenvalue weighted by atomic mass is 14.7. The van der Waals surface area contributed by atoms with Crippen molar-refractivity contribution >= 4 is 0 Å². The molecule has 0 unspecified atom stereocenters. The molecule has 0 aromatic rings. The smallest absolute Gasteiger partial charge is 0.145 e. The maximum atomic E-state index is 7.33. The van der Waals surface area contributed by atoms with Gasteiger partial charge in [0.25, 0.3) is 0 Å². The Morgan fingerprint density at radius 3 is 2.67 bits per heavy atom. The van der Waals surface area contributed by atoms with Crippen molar-refractivity contribution in [1.29, 1.82) is 5.41 Å². The second-order valence-electron chi connectivity index (χ2n) is 2.58. The lowest BCUT2D eigenvalue weighted by atomic mass is 10.2. The molecule has 2 rings (SSSR count). The SMILES string of the molecule is N=c1ccc2cccccc-2n1. The molecule has 1 aliphatic carbocycles. The van der Waals surface area contributed by atoms with Crippen LogP contribution in [0.5, 0.6) is 0 Å². The summed E-state index contributed by atoms with van der Waals surface area (Å²) in [4.78, 5) is 4.08. The zero-order valence-electron chi connectivity index (χ0n) is 6.49. The average Bonchev–Trinajstić information content (AvgIpc) is 2.28. The highest BCUT2D eigenvalue weighted by Crippen LogP contribution is 2.13. The van der Waals surface area contributed by atoms with E-state index in [0.717, 1.165) is 11.3 Å². The Morgan fingerprint density at radius 2 is 1.75 bits per heavy atom. The molecule has 0 bridgehead atoms. The van der Waals surface area contributed by atoms with Gasteiger partial charge in [0.15, 0.2) is 0 Å². The maximum Gasteiger partial charge on any atom is 0.145 e. The van der Waals surface area contributed by atoms with Crippen molar-refractivity contribution < 1.29 is 0 Å². The molecule has 0 atom stereocenters. The van der Waals surface area contributed by atoms with E-state index in [1.165, 1.54) is 0 Å². The Morgan fingerprint density at radius 1 is 0.917 bits per heavy atom. The van der Waals surface area contributed by atoms with Crippen LogP contribution < -0.4 is 5.49 Å². The van der Waals surface area contributed by atoms with Crippen molar-refractivity contribution in [1.82, 2.24) is 4.98 Å². The molecule has 0 spiro atoms. The third kappa shape index (κ3) is 1.19. The first-order chi connectivity index (χ1) is 5.86. The van der Waals surface area contributed by atoms with E-state index in [4.69, 9.17) is 5.41 Å². The van der Waals surface area contributed by atoms with E-state index in [-0.39, 0.29) is 0 Å². The van der Waals surface area contributed by atoms with E-state index in [2.05, 4.69) is 4.98 Å². The molecular formula is C10H8N2. The molecule has 58 valence electrons. The molecule has 1 N–H and O–H groups in total. The van der Waals surface area contributed by atoms with Crippen molar-refractivity contribution in [3.63, 3.8) is 0 Å². The first-order valence-electron chi connectivity index (χ1n) is 3.77. The molecular weight excluding hydrogens is 148 g/mol. The molecule has 2 heteroatoms. The van der Waals surface area contributed by atoms with Gasteiger partial charge in [0.05, 0.1) is 5.69 Å². The van der Waals surface area contributed by atoms with Gasteiger partial charge in [0, 0.05) is 5.56 Å². The monoisotopic (exact) mass is 156 g/mol. The van der Waals surface area contributed by atoms with Crippen molar-refractivity contribution in [2.75, 3.05) is 0 Å². The lowest BCUT2D eigenvalue weighted by molar-refractivity contribution is 1.10. The fraction of sp³-hybridized carbons (Fsp3) is 0. The molecule has 0 saturated heterocycles. The standard InChI is InChI=1S/C10H8N2/c11-10-7-6-8-4-2-1-3-5-9(8)12-10/h1-7,11H. The van der Waals surface area contributed by atoms with Crippen LogP contribution in [0.4, 0.5) is 0 Å². The Kier molecular flexibility index (Phi) is 1.59.